The van der Waals surface area contributed by atoms with E-state index in [1.165, 1.54) is 25.0 Å². The fourth-order valence-electron chi connectivity index (χ4n) is 1.87. The van der Waals surface area contributed by atoms with Gasteiger partial charge < -0.3 is 5.32 Å². The van der Waals surface area contributed by atoms with E-state index in [-0.39, 0.29) is 0 Å². The Labute approximate surface area is 92.7 Å². The predicted octanol–water partition coefficient (Wildman–Crippen LogP) is 2.62. The zero-order valence-electron chi connectivity index (χ0n) is 8.27. The molecule has 0 radical (unpaired) electrons. The normalized spacial score (nSPS) is 26.6. The Hall–Kier alpha value is -0.290. The van der Waals surface area contributed by atoms with Crippen molar-refractivity contribution in [3.05, 3.63) is 5.51 Å². The summed E-state index contributed by atoms with van der Waals surface area (Å²) in [4.78, 5) is 0. The molecule has 0 spiro atoms. The van der Waals surface area contributed by atoms with Gasteiger partial charge in [0.1, 0.15) is 5.51 Å². The number of hydrogen-bond acceptors (Lipinski definition) is 5. The predicted molar refractivity (Wildman–Crippen MR) is 63.1 cm³/mol. The second-order valence-corrected chi connectivity index (χ2v) is 5.89. The van der Waals surface area contributed by atoms with Gasteiger partial charge in [0, 0.05) is 11.3 Å². The largest absolute Gasteiger partial charge is 0.357 e. The first-order valence-corrected chi connectivity index (χ1v) is 6.95. The van der Waals surface area contributed by atoms with Gasteiger partial charge in [-0.3, -0.25) is 0 Å². The summed E-state index contributed by atoms with van der Waals surface area (Å²) >= 11 is 3.67. The summed E-state index contributed by atoms with van der Waals surface area (Å²) in [6.45, 7) is 2.23. The Morgan fingerprint density at radius 3 is 3.29 bits per heavy atom. The van der Waals surface area contributed by atoms with Crippen molar-refractivity contribution in [2.75, 3.05) is 11.1 Å². The molecule has 1 fully saturated rings. The van der Waals surface area contributed by atoms with Crippen molar-refractivity contribution in [3.8, 4) is 0 Å². The topological polar surface area (TPSA) is 37.8 Å². The number of nitrogens with one attached hydrogen (secondary N) is 1. The zero-order chi connectivity index (χ0) is 9.80. The maximum Gasteiger partial charge on any atom is 0.205 e. The van der Waals surface area contributed by atoms with Crippen LogP contribution < -0.4 is 5.32 Å². The van der Waals surface area contributed by atoms with Crippen LogP contribution >= 0.6 is 23.1 Å². The molecule has 5 heteroatoms. The monoisotopic (exact) mass is 229 g/mol. The van der Waals surface area contributed by atoms with Gasteiger partial charge in [-0.05, 0) is 25.0 Å². The number of rotatable bonds is 4. The standard InChI is InChI=1S/C9H15N3S2/c1-2-13-8-4-3-7(5-8)11-9-12-10-6-14-9/h6-8H,2-5H2,1H3,(H,11,12). The molecule has 78 valence electrons. The Balaban J connectivity index is 1.79. The SMILES string of the molecule is CCSC1CCC(Nc2nncs2)C1. The molecule has 3 nitrogen and oxygen atoms in total. The summed E-state index contributed by atoms with van der Waals surface area (Å²) in [7, 11) is 0. The third-order valence-corrected chi connectivity index (χ3v) is 4.33. The van der Waals surface area contributed by atoms with Crippen molar-refractivity contribution >= 4 is 28.2 Å². The number of thioether (sulfide) groups is 1. The number of nitrogens with zero attached hydrogens (tertiary/aromatic N) is 2. The summed E-state index contributed by atoms with van der Waals surface area (Å²) in [5, 5.41) is 13.1. The third kappa shape index (κ3) is 2.60. The van der Waals surface area contributed by atoms with Gasteiger partial charge in [0.15, 0.2) is 0 Å². The lowest BCUT2D eigenvalue weighted by atomic mass is 10.3. The molecule has 0 bridgehead atoms. The van der Waals surface area contributed by atoms with Crippen LogP contribution in [0.1, 0.15) is 26.2 Å². The average molecular weight is 229 g/mol. The highest BCUT2D eigenvalue weighted by Gasteiger charge is 2.24. The Bertz CT molecular complexity index is 263. The van der Waals surface area contributed by atoms with E-state index >= 15 is 0 Å². The van der Waals surface area contributed by atoms with Crippen LogP contribution in [0.15, 0.2) is 5.51 Å². The van der Waals surface area contributed by atoms with Crippen LogP contribution in [0.2, 0.25) is 0 Å². The van der Waals surface area contributed by atoms with E-state index in [4.69, 9.17) is 0 Å². The average Bonchev–Trinajstić information content (AvgIpc) is 2.79. The van der Waals surface area contributed by atoms with Gasteiger partial charge in [0.2, 0.25) is 5.13 Å². The van der Waals surface area contributed by atoms with Crippen LogP contribution in [0.5, 0.6) is 0 Å². The first-order chi connectivity index (χ1) is 6.88. The van der Waals surface area contributed by atoms with Crippen molar-refractivity contribution in [3.63, 3.8) is 0 Å². The number of hydrogen-bond donors (Lipinski definition) is 1. The van der Waals surface area contributed by atoms with E-state index in [0.29, 0.717) is 6.04 Å². The highest BCUT2D eigenvalue weighted by molar-refractivity contribution is 7.99. The van der Waals surface area contributed by atoms with Crippen LogP contribution in [0.4, 0.5) is 5.13 Å². The lowest BCUT2D eigenvalue weighted by Crippen LogP contribution is -2.15. The fraction of sp³-hybridized carbons (Fsp3) is 0.778. The van der Waals surface area contributed by atoms with E-state index in [1.807, 2.05) is 0 Å². The Kier molecular flexibility index (Phi) is 3.64. The van der Waals surface area contributed by atoms with Gasteiger partial charge in [-0.15, -0.1) is 10.2 Å². The number of anilines is 1. The maximum atomic E-state index is 4.00. The molecule has 0 aliphatic heterocycles. The van der Waals surface area contributed by atoms with Crippen molar-refractivity contribution in [1.29, 1.82) is 0 Å². The van der Waals surface area contributed by atoms with Gasteiger partial charge in [-0.2, -0.15) is 11.8 Å². The Morgan fingerprint density at radius 1 is 1.64 bits per heavy atom. The second kappa shape index (κ2) is 4.98. The molecule has 2 atom stereocenters. The molecule has 1 aromatic rings. The minimum Gasteiger partial charge on any atom is -0.357 e. The summed E-state index contributed by atoms with van der Waals surface area (Å²) in [6, 6.07) is 0.618. The molecule has 14 heavy (non-hydrogen) atoms. The molecule has 2 unspecified atom stereocenters. The number of aromatic nitrogens is 2. The summed E-state index contributed by atoms with van der Waals surface area (Å²) < 4.78 is 0. The fourth-order valence-corrected chi connectivity index (χ4v) is 3.53. The minimum atomic E-state index is 0.618. The molecule has 1 heterocycles. The molecule has 0 amide bonds. The lowest BCUT2D eigenvalue weighted by molar-refractivity contribution is 0.753. The molecular formula is C9H15N3S2. The second-order valence-electron chi connectivity index (χ2n) is 3.48. The van der Waals surface area contributed by atoms with Crippen LogP contribution in [0, 0.1) is 0 Å². The molecule has 2 rings (SSSR count). The molecule has 1 saturated carbocycles. The molecular weight excluding hydrogens is 214 g/mol. The molecule has 0 saturated heterocycles. The molecule has 1 aromatic heterocycles. The highest BCUT2D eigenvalue weighted by Crippen LogP contribution is 2.31. The van der Waals surface area contributed by atoms with Gasteiger partial charge >= 0.3 is 0 Å². The van der Waals surface area contributed by atoms with Crippen LogP contribution in [-0.4, -0.2) is 27.2 Å². The first kappa shape index (κ1) is 10.2. The van der Waals surface area contributed by atoms with Crippen molar-refractivity contribution in [2.24, 2.45) is 0 Å². The quantitative estimate of drug-likeness (QED) is 0.861. The van der Waals surface area contributed by atoms with E-state index in [1.54, 1.807) is 16.8 Å². The smallest absolute Gasteiger partial charge is 0.205 e. The van der Waals surface area contributed by atoms with Crippen molar-refractivity contribution < 1.29 is 0 Å². The van der Waals surface area contributed by atoms with E-state index in [2.05, 4.69) is 34.2 Å². The lowest BCUT2D eigenvalue weighted by Gasteiger charge is -2.10. The maximum absolute atomic E-state index is 4.00. The summed E-state index contributed by atoms with van der Waals surface area (Å²) in [5.74, 6) is 1.23. The highest BCUT2D eigenvalue weighted by atomic mass is 32.2. The van der Waals surface area contributed by atoms with Crippen LogP contribution in [0.3, 0.4) is 0 Å². The minimum absolute atomic E-state index is 0.618. The van der Waals surface area contributed by atoms with E-state index < -0.39 is 0 Å². The summed E-state index contributed by atoms with van der Waals surface area (Å²) in [6.07, 6.45) is 3.89. The van der Waals surface area contributed by atoms with Gasteiger partial charge in [-0.25, -0.2) is 0 Å². The first-order valence-electron chi connectivity index (χ1n) is 5.02. The van der Waals surface area contributed by atoms with Crippen LogP contribution in [0.25, 0.3) is 0 Å². The van der Waals surface area contributed by atoms with Gasteiger partial charge in [0.25, 0.3) is 0 Å². The van der Waals surface area contributed by atoms with E-state index in [0.717, 1.165) is 10.4 Å². The molecule has 1 aliphatic carbocycles. The van der Waals surface area contributed by atoms with Gasteiger partial charge in [0.05, 0.1) is 0 Å². The molecule has 0 aromatic carbocycles. The zero-order valence-corrected chi connectivity index (χ0v) is 9.90. The van der Waals surface area contributed by atoms with Gasteiger partial charge in [-0.1, -0.05) is 18.3 Å². The third-order valence-electron chi connectivity index (χ3n) is 2.47. The molecule has 1 N–H and O–H groups in total. The van der Waals surface area contributed by atoms with Crippen LogP contribution in [-0.2, 0) is 0 Å². The Morgan fingerprint density at radius 2 is 2.57 bits per heavy atom. The van der Waals surface area contributed by atoms with Crippen molar-refractivity contribution in [2.45, 2.75) is 37.5 Å². The summed E-state index contributed by atoms with van der Waals surface area (Å²) in [5.41, 5.74) is 1.77. The molecule has 1 aliphatic rings. The van der Waals surface area contributed by atoms with Crippen molar-refractivity contribution in [1.82, 2.24) is 10.2 Å². The van der Waals surface area contributed by atoms with E-state index in [9.17, 15) is 0 Å².